The van der Waals surface area contributed by atoms with Crippen molar-refractivity contribution in [2.45, 2.75) is 13.3 Å². The summed E-state index contributed by atoms with van der Waals surface area (Å²) in [5, 5.41) is 9.34. The molecule has 0 atom stereocenters. The summed E-state index contributed by atoms with van der Waals surface area (Å²) in [6.45, 7) is 1.92. The minimum Gasteiger partial charge on any atom is -0.193 e. The SMILES string of the molecule is CC/C(C#N)=C(/Cl)c1ccc(Br)s1. The first-order valence-electron chi connectivity index (χ1n) is 3.73. The molecule has 1 rings (SSSR count). The highest BCUT2D eigenvalue weighted by Gasteiger charge is 2.07. The van der Waals surface area contributed by atoms with Crippen LogP contribution in [0.25, 0.3) is 5.03 Å². The van der Waals surface area contributed by atoms with Crippen LogP contribution in [0, 0.1) is 11.3 Å². The van der Waals surface area contributed by atoms with Crippen molar-refractivity contribution in [3.8, 4) is 6.07 Å². The van der Waals surface area contributed by atoms with Gasteiger partial charge >= 0.3 is 0 Å². The molecule has 0 saturated carbocycles. The van der Waals surface area contributed by atoms with Gasteiger partial charge in [-0.05, 0) is 34.5 Å². The summed E-state index contributed by atoms with van der Waals surface area (Å²) < 4.78 is 1.02. The minimum atomic E-state index is 0.570. The van der Waals surface area contributed by atoms with Crippen LogP contribution in [-0.4, -0.2) is 0 Å². The minimum absolute atomic E-state index is 0.570. The van der Waals surface area contributed by atoms with Gasteiger partial charge in [-0.2, -0.15) is 5.26 Å². The molecule has 1 aromatic rings. The molecule has 0 aromatic carbocycles. The summed E-state index contributed by atoms with van der Waals surface area (Å²) in [7, 11) is 0. The molecule has 1 heterocycles. The van der Waals surface area contributed by atoms with Crippen molar-refractivity contribution >= 4 is 43.9 Å². The summed E-state index contributed by atoms with van der Waals surface area (Å²) >= 11 is 10.9. The number of hydrogen-bond acceptors (Lipinski definition) is 2. The quantitative estimate of drug-likeness (QED) is 0.735. The van der Waals surface area contributed by atoms with Gasteiger partial charge in [0.2, 0.25) is 0 Å². The highest BCUT2D eigenvalue weighted by Crippen LogP contribution is 2.32. The van der Waals surface area contributed by atoms with E-state index in [1.807, 2.05) is 19.1 Å². The predicted octanol–water partition coefficient (Wildman–Crippen LogP) is 4.39. The van der Waals surface area contributed by atoms with E-state index < -0.39 is 0 Å². The van der Waals surface area contributed by atoms with E-state index in [-0.39, 0.29) is 0 Å². The Morgan fingerprint density at radius 3 is 2.77 bits per heavy atom. The van der Waals surface area contributed by atoms with Crippen LogP contribution in [0.15, 0.2) is 21.5 Å². The lowest BCUT2D eigenvalue weighted by Gasteiger charge is -1.96. The van der Waals surface area contributed by atoms with Gasteiger partial charge in [0.05, 0.1) is 14.9 Å². The average molecular weight is 277 g/mol. The van der Waals surface area contributed by atoms with Gasteiger partial charge in [-0.3, -0.25) is 0 Å². The van der Waals surface area contributed by atoms with E-state index in [1.165, 1.54) is 11.3 Å². The molecule has 4 heteroatoms. The first-order valence-corrected chi connectivity index (χ1v) is 5.72. The zero-order valence-corrected chi connectivity index (χ0v) is 10.1. The molecule has 0 spiro atoms. The largest absolute Gasteiger partial charge is 0.193 e. The molecule has 0 bridgehead atoms. The van der Waals surface area contributed by atoms with Crippen LogP contribution in [0.2, 0.25) is 0 Å². The maximum atomic E-state index is 8.77. The van der Waals surface area contributed by atoms with Gasteiger partial charge < -0.3 is 0 Å². The third kappa shape index (κ3) is 2.57. The van der Waals surface area contributed by atoms with Crippen LogP contribution in [0.4, 0.5) is 0 Å². The predicted molar refractivity (Wildman–Crippen MR) is 60.7 cm³/mol. The normalized spacial score (nSPS) is 12.2. The topological polar surface area (TPSA) is 23.8 Å². The van der Waals surface area contributed by atoms with Crippen LogP contribution < -0.4 is 0 Å². The first-order chi connectivity index (χ1) is 6.19. The Balaban J connectivity index is 3.09. The van der Waals surface area contributed by atoms with E-state index in [1.54, 1.807) is 0 Å². The van der Waals surface area contributed by atoms with Crippen LogP contribution in [0.5, 0.6) is 0 Å². The molecule has 0 radical (unpaired) electrons. The van der Waals surface area contributed by atoms with Gasteiger partial charge in [0.15, 0.2) is 0 Å². The van der Waals surface area contributed by atoms with E-state index >= 15 is 0 Å². The highest BCUT2D eigenvalue weighted by atomic mass is 79.9. The van der Waals surface area contributed by atoms with E-state index in [4.69, 9.17) is 16.9 Å². The molecule has 0 amide bonds. The molecule has 0 unspecified atom stereocenters. The van der Waals surface area contributed by atoms with Crippen molar-refractivity contribution in [3.05, 3.63) is 26.4 Å². The lowest BCUT2D eigenvalue weighted by atomic mass is 10.2. The molecular weight excluding hydrogens is 270 g/mol. The number of nitriles is 1. The number of hydrogen-bond donors (Lipinski definition) is 0. The fraction of sp³-hybridized carbons (Fsp3) is 0.222. The van der Waals surface area contributed by atoms with Gasteiger partial charge in [0.1, 0.15) is 0 Å². The van der Waals surface area contributed by atoms with Crippen LogP contribution in [-0.2, 0) is 0 Å². The number of nitrogens with zero attached hydrogens (tertiary/aromatic N) is 1. The molecule has 0 aliphatic heterocycles. The summed E-state index contributed by atoms with van der Waals surface area (Å²) in [4.78, 5) is 0.937. The highest BCUT2D eigenvalue weighted by molar-refractivity contribution is 9.11. The number of halogens is 2. The molecule has 1 nitrogen and oxygen atoms in total. The lowest BCUT2D eigenvalue weighted by Crippen LogP contribution is -1.78. The fourth-order valence-corrected chi connectivity index (χ4v) is 2.57. The second-order valence-corrected chi connectivity index (χ2v) is 5.20. The number of thiophene rings is 1. The van der Waals surface area contributed by atoms with Crippen LogP contribution in [0.3, 0.4) is 0 Å². The van der Waals surface area contributed by atoms with E-state index in [0.29, 0.717) is 17.0 Å². The standard InChI is InChI=1S/C9H7BrClNS/c1-2-6(5-12)9(11)7-3-4-8(10)13-7/h3-4H,2H2,1H3/b9-6-. The van der Waals surface area contributed by atoms with Crippen LogP contribution >= 0.6 is 38.9 Å². The van der Waals surface area contributed by atoms with Gasteiger partial charge in [0, 0.05) is 10.5 Å². The van der Waals surface area contributed by atoms with Crippen molar-refractivity contribution < 1.29 is 0 Å². The molecule has 0 N–H and O–H groups in total. The second-order valence-electron chi connectivity index (χ2n) is 2.36. The van der Waals surface area contributed by atoms with E-state index in [2.05, 4.69) is 22.0 Å². The smallest absolute Gasteiger partial charge is 0.0963 e. The third-order valence-corrected chi connectivity index (χ3v) is 3.73. The van der Waals surface area contributed by atoms with Gasteiger partial charge in [-0.15, -0.1) is 11.3 Å². The second kappa shape index (κ2) is 4.80. The Labute approximate surface area is 94.8 Å². The van der Waals surface area contributed by atoms with Crippen molar-refractivity contribution in [2.24, 2.45) is 0 Å². The Morgan fingerprint density at radius 1 is 1.69 bits per heavy atom. The van der Waals surface area contributed by atoms with E-state index in [0.717, 1.165) is 8.66 Å². The summed E-state index contributed by atoms with van der Waals surface area (Å²) in [6.07, 6.45) is 0.671. The molecular formula is C9H7BrClNS. The maximum Gasteiger partial charge on any atom is 0.0963 e. The molecule has 0 aliphatic rings. The summed E-state index contributed by atoms with van der Waals surface area (Å²) in [5.41, 5.74) is 0.635. The Kier molecular flexibility index (Phi) is 3.98. The Bertz CT molecular complexity index is 375. The Morgan fingerprint density at radius 2 is 2.38 bits per heavy atom. The molecule has 13 heavy (non-hydrogen) atoms. The zero-order chi connectivity index (χ0) is 9.84. The lowest BCUT2D eigenvalue weighted by molar-refractivity contribution is 1.16. The summed E-state index contributed by atoms with van der Waals surface area (Å²) in [6, 6.07) is 5.93. The van der Waals surface area contributed by atoms with Gasteiger partial charge in [0.25, 0.3) is 0 Å². The van der Waals surface area contributed by atoms with E-state index in [9.17, 15) is 0 Å². The van der Waals surface area contributed by atoms with Crippen LogP contribution in [0.1, 0.15) is 18.2 Å². The average Bonchev–Trinajstić information content (AvgIpc) is 2.54. The molecule has 1 aromatic heterocycles. The van der Waals surface area contributed by atoms with Crippen molar-refractivity contribution in [3.63, 3.8) is 0 Å². The van der Waals surface area contributed by atoms with Crippen molar-refractivity contribution in [2.75, 3.05) is 0 Å². The maximum absolute atomic E-state index is 8.77. The molecule has 0 fully saturated rings. The molecule has 0 saturated heterocycles. The Hall–Kier alpha value is -0.300. The zero-order valence-electron chi connectivity index (χ0n) is 6.97. The van der Waals surface area contributed by atoms with Crippen molar-refractivity contribution in [1.82, 2.24) is 0 Å². The first kappa shape index (κ1) is 10.8. The summed E-state index contributed by atoms with van der Waals surface area (Å²) in [5.74, 6) is 0. The number of allylic oxidation sites excluding steroid dienone is 1. The van der Waals surface area contributed by atoms with Gasteiger partial charge in [-0.1, -0.05) is 18.5 Å². The van der Waals surface area contributed by atoms with Crippen molar-refractivity contribution in [1.29, 1.82) is 5.26 Å². The fourth-order valence-electron chi connectivity index (χ4n) is 0.864. The third-order valence-electron chi connectivity index (χ3n) is 1.54. The monoisotopic (exact) mass is 275 g/mol. The molecule has 0 aliphatic carbocycles. The molecule has 68 valence electrons. The number of rotatable bonds is 2. The van der Waals surface area contributed by atoms with Gasteiger partial charge in [-0.25, -0.2) is 0 Å².